The molecule has 7 N–H and O–H groups in total. The van der Waals surface area contributed by atoms with Crippen LogP contribution in [0.15, 0.2) is 77.7 Å². The number of carbonyl (C=O) groups excluding carboxylic acids is 5. The van der Waals surface area contributed by atoms with E-state index in [9.17, 15) is 38.7 Å². The number of aromatic carboxylic acids is 1. The molecule has 2 atom stereocenters. The van der Waals surface area contributed by atoms with Crippen molar-refractivity contribution in [1.29, 1.82) is 0 Å². The molecule has 3 aromatic carbocycles. The van der Waals surface area contributed by atoms with Crippen molar-refractivity contribution >= 4 is 58.1 Å². The van der Waals surface area contributed by atoms with Crippen LogP contribution in [-0.4, -0.2) is 89.2 Å². The summed E-state index contributed by atoms with van der Waals surface area (Å²) in [5.41, 5.74) is 5.23. The number of primary amides is 1. The lowest BCUT2D eigenvalue weighted by atomic mass is 9.67. The van der Waals surface area contributed by atoms with Crippen LogP contribution < -0.4 is 37.3 Å². The number of benzene rings is 3. The number of nitrogens with zero attached hydrogens (tertiary/aromatic N) is 3. The Balaban J connectivity index is 1.02. The molecule has 6 rings (SSSR count). The van der Waals surface area contributed by atoms with Gasteiger partial charge in [0.15, 0.2) is 0 Å². The second-order valence-electron chi connectivity index (χ2n) is 15.5. The Kier molecular flexibility index (Phi) is 14.1. The number of aromatic nitrogens is 1. The number of piperazine rings is 1. The second kappa shape index (κ2) is 19.6. The third-order valence-corrected chi connectivity index (χ3v) is 11.5. The lowest BCUT2D eigenvalue weighted by molar-refractivity contribution is -0.151. The number of carboxylic acid groups (broad SMARTS) is 1. The first-order valence-corrected chi connectivity index (χ1v) is 20.6. The van der Waals surface area contributed by atoms with Crippen LogP contribution in [0, 0.1) is 11.2 Å². The van der Waals surface area contributed by atoms with Crippen LogP contribution in [0.5, 0.6) is 0 Å². The first-order chi connectivity index (χ1) is 29.7. The van der Waals surface area contributed by atoms with Crippen LogP contribution in [0.25, 0.3) is 10.9 Å². The molecule has 2 fully saturated rings. The summed E-state index contributed by atoms with van der Waals surface area (Å²) in [4.78, 5) is 92.8. The molecule has 1 saturated heterocycles. The summed E-state index contributed by atoms with van der Waals surface area (Å²) in [6.07, 6.45) is 2.48. The highest BCUT2D eigenvalue weighted by molar-refractivity contribution is 6.08. The molecule has 0 unspecified atom stereocenters. The number of anilines is 2. The number of halogens is 1. The van der Waals surface area contributed by atoms with Crippen LogP contribution in [0.4, 0.5) is 25.4 Å². The zero-order valence-electron chi connectivity index (χ0n) is 34.6. The summed E-state index contributed by atoms with van der Waals surface area (Å²) in [5.74, 6) is -3.55. The molecule has 18 heteroatoms. The first-order valence-electron chi connectivity index (χ1n) is 20.6. The maximum Gasteiger partial charge on any atom is 0.410 e. The van der Waals surface area contributed by atoms with Crippen LogP contribution in [0.2, 0.25) is 0 Å². The molecule has 0 radical (unpaired) electrons. The number of nitrogens with two attached hydrogens (primary N) is 1. The predicted octanol–water partition coefficient (Wildman–Crippen LogP) is 4.24. The highest BCUT2D eigenvalue weighted by Gasteiger charge is 2.51. The fourth-order valence-corrected chi connectivity index (χ4v) is 7.67. The molecule has 0 bridgehead atoms. The molecule has 328 valence electrons. The van der Waals surface area contributed by atoms with Crippen molar-refractivity contribution in [3.8, 4) is 0 Å². The van der Waals surface area contributed by atoms with Gasteiger partial charge >= 0.3 is 18.1 Å². The van der Waals surface area contributed by atoms with Crippen molar-refractivity contribution in [2.24, 2.45) is 11.1 Å². The molecule has 1 saturated carbocycles. The van der Waals surface area contributed by atoms with E-state index in [4.69, 9.17) is 10.5 Å². The Hall–Kier alpha value is -6.98. The molecule has 17 nitrogen and oxygen atoms in total. The quantitative estimate of drug-likeness (QED) is 0.0693. The number of carbonyl (C=O) groups is 6. The van der Waals surface area contributed by atoms with Crippen molar-refractivity contribution in [2.45, 2.75) is 71.2 Å². The highest BCUT2D eigenvalue weighted by atomic mass is 19.1. The summed E-state index contributed by atoms with van der Waals surface area (Å²) >= 11 is 0. The minimum absolute atomic E-state index is 0.0286. The minimum Gasteiger partial charge on any atom is -0.477 e. The van der Waals surface area contributed by atoms with Gasteiger partial charge in [0.1, 0.15) is 29.4 Å². The van der Waals surface area contributed by atoms with E-state index in [1.807, 2.05) is 37.3 Å². The number of nitrogens with one attached hydrogen (secondary N) is 4. The Labute approximate surface area is 356 Å². The van der Waals surface area contributed by atoms with E-state index in [1.54, 1.807) is 40.7 Å². The van der Waals surface area contributed by atoms with Crippen molar-refractivity contribution in [3.05, 3.63) is 106 Å². The second-order valence-corrected chi connectivity index (χ2v) is 15.5. The van der Waals surface area contributed by atoms with Gasteiger partial charge in [-0.25, -0.2) is 18.8 Å². The molecule has 1 aromatic heterocycles. The fraction of sp³-hybridized carbons (Fsp3) is 0.386. The van der Waals surface area contributed by atoms with Gasteiger partial charge in [-0.3, -0.25) is 19.2 Å². The first kappa shape index (κ1) is 44.6. The van der Waals surface area contributed by atoms with Crippen LogP contribution in [0.1, 0.15) is 73.5 Å². The van der Waals surface area contributed by atoms with Gasteiger partial charge in [-0.15, -0.1) is 0 Å². The molecule has 2 aliphatic rings. The van der Waals surface area contributed by atoms with E-state index in [0.717, 1.165) is 11.6 Å². The van der Waals surface area contributed by atoms with E-state index in [-0.39, 0.29) is 62.9 Å². The van der Waals surface area contributed by atoms with Crippen LogP contribution >= 0.6 is 0 Å². The number of urea groups is 1. The number of amides is 6. The summed E-state index contributed by atoms with van der Waals surface area (Å²) in [6, 6.07) is 16.5. The topological polar surface area (TPSA) is 234 Å². The lowest BCUT2D eigenvalue weighted by Gasteiger charge is -2.40. The Morgan fingerprint density at radius 2 is 1.61 bits per heavy atom. The number of hydrogen-bond donors (Lipinski definition) is 6. The number of fused-ring (bicyclic) bond motifs is 1. The molecule has 1 aliphatic heterocycles. The van der Waals surface area contributed by atoms with Gasteiger partial charge in [-0.1, -0.05) is 48.9 Å². The van der Waals surface area contributed by atoms with E-state index in [2.05, 4.69) is 21.3 Å². The Bertz CT molecular complexity index is 2380. The van der Waals surface area contributed by atoms with E-state index >= 15 is 4.39 Å². The summed E-state index contributed by atoms with van der Waals surface area (Å²) < 4.78 is 22.5. The van der Waals surface area contributed by atoms with Gasteiger partial charge < -0.3 is 51.2 Å². The third-order valence-electron chi connectivity index (χ3n) is 11.5. The SMILES string of the molecule is CCn1cc(C(=O)O)c(=O)c2cc(F)c(N3CCN(C(=O)OCc4ccc(NC(=O)[C@H](CCCNC(N)=O)NC(=O)C5(C(=O)N[C@@H](C)c6ccccc6)CCC5)cc4)CC3)cc21. The lowest BCUT2D eigenvalue weighted by Crippen LogP contribution is -2.58. The summed E-state index contributed by atoms with van der Waals surface area (Å²) in [6.45, 7) is 5.10. The van der Waals surface area contributed by atoms with Gasteiger partial charge in [0.25, 0.3) is 0 Å². The van der Waals surface area contributed by atoms with Gasteiger partial charge in [-0.05, 0) is 74.9 Å². The van der Waals surface area contributed by atoms with E-state index < -0.39 is 64.1 Å². The minimum atomic E-state index is -1.39. The van der Waals surface area contributed by atoms with Gasteiger partial charge in [0.2, 0.25) is 23.2 Å². The highest BCUT2D eigenvalue weighted by Crippen LogP contribution is 2.42. The number of carboxylic acids is 1. The molecule has 1 aliphatic carbocycles. The van der Waals surface area contributed by atoms with Crippen molar-refractivity contribution in [3.63, 3.8) is 0 Å². The average Bonchev–Trinajstić information content (AvgIpc) is 3.24. The van der Waals surface area contributed by atoms with Crippen molar-refractivity contribution in [1.82, 2.24) is 25.4 Å². The molecule has 0 spiro atoms. The molecular formula is C44H51FN8O9. The monoisotopic (exact) mass is 854 g/mol. The number of aryl methyl sites for hydroxylation is 1. The largest absolute Gasteiger partial charge is 0.477 e. The molecular weight excluding hydrogens is 804 g/mol. The standard InChI is InChI=1S/C44H51FN8O9/c1-3-51-25-32(39(56)57)37(54)31-23-33(45)36(24-35(31)51)52-19-21-53(22-20-52)43(61)62-26-28-12-14-30(15-13-28)49-38(55)34(11-7-18-47-42(46)60)50-41(59)44(16-8-17-44)40(58)48-27(2)29-9-5-4-6-10-29/h4-6,9-10,12-15,23-25,27,34H,3,7-8,11,16-22,26H2,1-2H3,(H,48,58)(H,49,55)(H,50,59)(H,56,57)(H3,46,47,60)/t27-,34-/m0/s1. The summed E-state index contributed by atoms with van der Waals surface area (Å²) in [5, 5.41) is 20.4. The molecule has 62 heavy (non-hydrogen) atoms. The van der Waals surface area contributed by atoms with Crippen LogP contribution in [-0.2, 0) is 32.3 Å². The normalized spacial score (nSPS) is 15.4. The zero-order chi connectivity index (χ0) is 44.6. The maximum atomic E-state index is 15.3. The third kappa shape index (κ3) is 10.1. The number of rotatable bonds is 16. The number of pyridine rings is 1. The Morgan fingerprint density at radius 3 is 2.23 bits per heavy atom. The smallest absolute Gasteiger partial charge is 0.410 e. The van der Waals surface area contributed by atoms with Crippen molar-refractivity contribution < 1.29 is 43.0 Å². The Morgan fingerprint density at radius 1 is 0.935 bits per heavy atom. The van der Waals surface area contributed by atoms with Crippen molar-refractivity contribution in [2.75, 3.05) is 42.9 Å². The molecule has 6 amide bonds. The number of hydrogen-bond acceptors (Lipinski definition) is 9. The van der Waals surface area contributed by atoms with E-state index in [1.165, 1.54) is 17.2 Å². The number of ether oxygens (including phenoxy) is 1. The van der Waals surface area contributed by atoms with Gasteiger partial charge in [0, 0.05) is 56.5 Å². The molecule has 4 aromatic rings. The van der Waals surface area contributed by atoms with Crippen LogP contribution in [0.3, 0.4) is 0 Å². The maximum absolute atomic E-state index is 15.3. The molecule has 2 heterocycles. The van der Waals surface area contributed by atoms with Gasteiger partial charge in [0.05, 0.1) is 17.2 Å². The fourth-order valence-electron chi connectivity index (χ4n) is 7.67. The zero-order valence-corrected chi connectivity index (χ0v) is 34.6. The average molecular weight is 855 g/mol. The summed E-state index contributed by atoms with van der Waals surface area (Å²) in [7, 11) is 0. The predicted molar refractivity (Wildman–Crippen MR) is 228 cm³/mol. The van der Waals surface area contributed by atoms with Gasteiger partial charge in [-0.2, -0.15) is 0 Å². The van der Waals surface area contributed by atoms with E-state index in [0.29, 0.717) is 49.0 Å².